The summed E-state index contributed by atoms with van der Waals surface area (Å²) in [5, 5.41) is 0. The number of carbonyl (C=O) groups is 1. The zero-order valence-corrected chi connectivity index (χ0v) is 20.0. The molecule has 22 heavy (non-hydrogen) atoms. The number of unbranched alkanes of at least 4 members (excludes halogenated alkanes) is 11. The summed E-state index contributed by atoms with van der Waals surface area (Å²) in [5.41, 5.74) is 5.11. The molecule has 0 aromatic heterocycles. The summed E-state index contributed by atoms with van der Waals surface area (Å²) in [5.74, 6) is 0.719. The van der Waals surface area contributed by atoms with E-state index in [-0.39, 0.29) is 65.0 Å². The smallest absolute Gasteiger partial charge is 0.217 e. The Hall–Kier alpha value is 1.47. The van der Waals surface area contributed by atoms with Crippen LogP contribution in [-0.4, -0.2) is 65.0 Å². The van der Waals surface area contributed by atoms with Crippen molar-refractivity contribution in [3.8, 4) is 0 Å². The molecule has 2 N–H and O–H groups in total. The van der Waals surface area contributed by atoms with E-state index in [1.165, 1.54) is 77.0 Å². The third-order valence-electron chi connectivity index (χ3n) is 3.95. The normalized spacial score (nSPS) is 10.1. The standard InChI is InChI=1S/C18H37NO.2Na/c1-17(2)15-13-11-9-7-5-3-4-6-8-10-12-14-16-18(19)20;;/h17H,3-16H2,1-2H3,(H2,19,20);;. The van der Waals surface area contributed by atoms with Crippen LogP contribution < -0.4 is 5.73 Å². The van der Waals surface area contributed by atoms with Gasteiger partial charge in [0.05, 0.1) is 0 Å². The molecule has 0 aliphatic heterocycles. The van der Waals surface area contributed by atoms with Crippen LogP contribution in [0.5, 0.6) is 0 Å². The number of primary amides is 1. The van der Waals surface area contributed by atoms with Gasteiger partial charge in [0.25, 0.3) is 0 Å². The van der Waals surface area contributed by atoms with Crippen LogP contribution in [0.1, 0.15) is 104 Å². The first-order valence-corrected chi connectivity index (χ1v) is 8.91. The van der Waals surface area contributed by atoms with Gasteiger partial charge in [-0.3, -0.25) is 4.79 Å². The third-order valence-corrected chi connectivity index (χ3v) is 3.95. The summed E-state index contributed by atoms with van der Waals surface area (Å²) in [7, 11) is 0. The quantitative estimate of drug-likeness (QED) is 0.339. The summed E-state index contributed by atoms with van der Waals surface area (Å²) < 4.78 is 0. The number of rotatable bonds is 15. The van der Waals surface area contributed by atoms with E-state index in [1.807, 2.05) is 0 Å². The van der Waals surface area contributed by atoms with Gasteiger partial charge < -0.3 is 5.73 Å². The minimum Gasteiger partial charge on any atom is -0.370 e. The molecule has 0 aromatic rings. The number of hydrogen-bond donors (Lipinski definition) is 1. The number of carbonyl (C=O) groups excluding carboxylic acids is 1. The van der Waals surface area contributed by atoms with Crippen molar-refractivity contribution >= 4 is 65.0 Å². The molecule has 0 saturated carbocycles. The summed E-state index contributed by atoms with van der Waals surface area (Å²) >= 11 is 0. The van der Waals surface area contributed by atoms with Gasteiger partial charge in [0, 0.05) is 65.5 Å². The van der Waals surface area contributed by atoms with Crippen LogP contribution in [0.3, 0.4) is 0 Å². The SMILES string of the molecule is CC(C)CCCCCCCCCCCCCCC(N)=O.[Na].[Na]. The first-order chi connectivity index (χ1) is 9.63. The maximum Gasteiger partial charge on any atom is 0.217 e. The first kappa shape index (κ1) is 28.3. The van der Waals surface area contributed by atoms with E-state index in [0.717, 1.165) is 12.3 Å². The van der Waals surface area contributed by atoms with Gasteiger partial charge in [-0.25, -0.2) is 0 Å². The molecule has 0 fully saturated rings. The van der Waals surface area contributed by atoms with E-state index in [2.05, 4.69) is 13.8 Å². The predicted octanol–water partition coefficient (Wildman–Crippen LogP) is 4.83. The fourth-order valence-corrected chi connectivity index (χ4v) is 2.62. The summed E-state index contributed by atoms with van der Waals surface area (Å²) in [6.07, 6.45) is 18.0. The van der Waals surface area contributed by atoms with E-state index in [9.17, 15) is 4.79 Å². The van der Waals surface area contributed by atoms with Crippen molar-refractivity contribution in [3.63, 3.8) is 0 Å². The fraction of sp³-hybridized carbons (Fsp3) is 0.944. The Morgan fingerprint density at radius 1 is 0.682 bits per heavy atom. The van der Waals surface area contributed by atoms with Crippen LogP contribution in [0.2, 0.25) is 0 Å². The Balaban J connectivity index is -0.00000180. The van der Waals surface area contributed by atoms with Gasteiger partial charge in [-0.1, -0.05) is 90.9 Å². The molecule has 2 radical (unpaired) electrons. The molecule has 0 aromatic carbocycles. The summed E-state index contributed by atoms with van der Waals surface area (Å²) in [4.78, 5) is 10.6. The number of hydrogen-bond acceptors (Lipinski definition) is 1. The average Bonchev–Trinajstić information content (AvgIpc) is 2.38. The van der Waals surface area contributed by atoms with Crippen LogP contribution in [0.25, 0.3) is 0 Å². The molecule has 0 atom stereocenters. The van der Waals surface area contributed by atoms with E-state index in [4.69, 9.17) is 5.73 Å². The zero-order chi connectivity index (χ0) is 15.1. The summed E-state index contributed by atoms with van der Waals surface area (Å²) in [6.45, 7) is 4.63. The van der Waals surface area contributed by atoms with Gasteiger partial charge in [-0.2, -0.15) is 0 Å². The van der Waals surface area contributed by atoms with Crippen molar-refractivity contribution in [2.24, 2.45) is 11.7 Å². The predicted molar refractivity (Wildman–Crippen MR) is 100 cm³/mol. The van der Waals surface area contributed by atoms with Crippen molar-refractivity contribution in [2.75, 3.05) is 0 Å². The number of nitrogens with two attached hydrogens (primary N) is 1. The Kier molecular flexibility index (Phi) is 28.9. The molecule has 0 unspecified atom stereocenters. The molecule has 1 amide bonds. The van der Waals surface area contributed by atoms with Crippen LogP contribution in [-0.2, 0) is 4.79 Å². The Bertz CT molecular complexity index is 223. The molecule has 4 heteroatoms. The molecule has 2 nitrogen and oxygen atoms in total. The molecule has 0 spiro atoms. The van der Waals surface area contributed by atoms with E-state index >= 15 is 0 Å². The molecule has 0 aliphatic rings. The largest absolute Gasteiger partial charge is 0.370 e. The van der Waals surface area contributed by atoms with Gasteiger partial charge in [-0.05, 0) is 12.3 Å². The fourth-order valence-electron chi connectivity index (χ4n) is 2.62. The van der Waals surface area contributed by atoms with E-state index < -0.39 is 0 Å². The minimum atomic E-state index is -0.154. The minimum absolute atomic E-state index is 0. The topological polar surface area (TPSA) is 43.1 Å². The van der Waals surface area contributed by atoms with Gasteiger partial charge >= 0.3 is 0 Å². The van der Waals surface area contributed by atoms with Crippen LogP contribution in [0.4, 0.5) is 0 Å². The Morgan fingerprint density at radius 3 is 1.32 bits per heavy atom. The van der Waals surface area contributed by atoms with Crippen LogP contribution in [0.15, 0.2) is 0 Å². The van der Waals surface area contributed by atoms with E-state index in [1.54, 1.807) is 0 Å². The van der Waals surface area contributed by atoms with Gasteiger partial charge in [0.2, 0.25) is 5.91 Å². The van der Waals surface area contributed by atoms with Gasteiger partial charge in [0.1, 0.15) is 0 Å². The maximum absolute atomic E-state index is 10.6. The average molecular weight is 329 g/mol. The zero-order valence-electron chi connectivity index (χ0n) is 16.0. The molecule has 0 heterocycles. The molecule has 0 saturated heterocycles. The molecular weight excluding hydrogens is 292 g/mol. The van der Waals surface area contributed by atoms with Crippen molar-refractivity contribution in [3.05, 3.63) is 0 Å². The second-order valence-electron chi connectivity index (χ2n) is 6.64. The van der Waals surface area contributed by atoms with Crippen molar-refractivity contribution in [2.45, 2.75) is 104 Å². The Morgan fingerprint density at radius 2 is 1.00 bits per heavy atom. The van der Waals surface area contributed by atoms with Crippen molar-refractivity contribution in [1.82, 2.24) is 0 Å². The maximum atomic E-state index is 10.6. The van der Waals surface area contributed by atoms with Crippen molar-refractivity contribution < 1.29 is 4.79 Å². The Labute approximate surface area is 183 Å². The van der Waals surface area contributed by atoms with Gasteiger partial charge in [-0.15, -0.1) is 0 Å². The van der Waals surface area contributed by atoms with Gasteiger partial charge in [0.15, 0.2) is 0 Å². The number of amides is 1. The van der Waals surface area contributed by atoms with Crippen LogP contribution in [0, 0.1) is 5.92 Å². The third kappa shape index (κ3) is 26.4. The molecule has 0 bridgehead atoms. The van der Waals surface area contributed by atoms with Crippen molar-refractivity contribution in [1.29, 1.82) is 0 Å². The first-order valence-electron chi connectivity index (χ1n) is 8.91. The molecule has 0 aliphatic carbocycles. The van der Waals surface area contributed by atoms with E-state index in [0.29, 0.717) is 6.42 Å². The second kappa shape index (κ2) is 22.5. The van der Waals surface area contributed by atoms with Crippen LogP contribution >= 0.6 is 0 Å². The molecular formula is C18H37NNa2O. The molecule has 0 rings (SSSR count). The second-order valence-corrected chi connectivity index (χ2v) is 6.64. The molecule has 122 valence electrons. The summed E-state index contributed by atoms with van der Waals surface area (Å²) in [6, 6.07) is 0. The monoisotopic (exact) mass is 329 g/mol.